The van der Waals surface area contributed by atoms with Crippen LogP contribution < -0.4 is 14.8 Å². The van der Waals surface area contributed by atoms with Gasteiger partial charge in [-0.25, -0.2) is 0 Å². The second kappa shape index (κ2) is 6.63. The highest BCUT2D eigenvalue weighted by molar-refractivity contribution is 6.34. The molecule has 1 N–H and O–H groups in total. The standard InChI is InChI=1S/C13H16ClNO4/c1-2-17-8-13(16)15-10-7-12-11(6-9(10)14)18-4-3-5-19-12/h6-7H,2-5,8H2,1H3,(H,15,16). The van der Waals surface area contributed by atoms with E-state index in [2.05, 4.69) is 5.32 Å². The van der Waals surface area contributed by atoms with E-state index in [1.165, 1.54) is 0 Å². The lowest BCUT2D eigenvalue weighted by Crippen LogP contribution is -2.18. The first-order chi connectivity index (χ1) is 9.20. The molecule has 0 atom stereocenters. The molecule has 1 aliphatic rings. The normalized spacial score (nSPS) is 13.8. The summed E-state index contributed by atoms with van der Waals surface area (Å²) in [6, 6.07) is 3.32. The smallest absolute Gasteiger partial charge is 0.250 e. The second-order valence-corrected chi connectivity index (χ2v) is 4.42. The summed E-state index contributed by atoms with van der Waals surface area (Å²) in [4.78, 5) is 11.6. The van der Waals surface area contributed by atoms with Crippen molar-refractivity contribution >= 4 is 23.2 Å². The van der Waals surface area contributed by atoms with E-state index in [0.29, 0.717) is 42.0 Å². The molecule has 0 aliphatic carbocycles. The number of benzene rings is 1. The SMILES string of the molecule is CCOCC(=O)Nc1cc2c(cc1Cl)OCCCO2. The molecule has 0 unspecified atom stereocenters. The van der Waals surface area contributed by atoms with Crippen molar-refractivity contribution in [2.75, 3.05) is 31.7 Å². The van der Waals surface area contributed by atoms with Gasteiger partial charge in [-0.1, -0.05) is 11.6 Å². The Morgan fingerprint density at radius 2 is 2.05 bits per heavy atom. The molecule has 1 heterocycles. The summed E-state index contributed by atoms with van der Waals surface area (Å²) in [5.74, 6) is 0.942. The molecule has 6 heteroatoms. The molecule has 0 bridgehead atoms. The molecule has 19 heavy (non-hydrogen) atoms. The minimum Gasteiger partial charge on any atom is -0.490 e. The predicted octanol–water partition coefficient (Wildman–Crippen LogP) is 2.48. The molecule has 0 aromatic heterocycles. The van der Waals surface area contributed by atoms with Gasteiger partial charge in [-0.05, 0) is 6.92 Å². The Hall–Kier alpha value is -1.46. The zero-order valence-electron chi connectivity index (χ0n) is 10.7. The van der Waals surface area contributed by atoms with Crippen molar-refractivity contribution < 1.29 is 19.0 Å². The van der Waals surface area contributed by atoms with Crippen LogP contribution in [-0.4, -0.2) is 32.3 Å². The van der Waals surface area contributed by atoms with Gasteiger partial charge in [0.25, 0.3) is 0 Å². The van der Waals surface area contributed by atoms with Crippen LogP contribution in [0.3, 0.4) is 0 Å². The van der Waals surface area contributed by atoms with Crippen molar-refractivity contribution in [3.63, 3.8) is 0 Å². The van der Waals surface area contributed by atoms with Crippen LogP contribution in [0.1, 0.15) is 13.3 Å². The first-order valence-electron chi connectivity index (χ1n) is 6.17. The van der Waals surface area contributed by atoms with Gasteiger partial charge in [-0.3, -0.25) is 4.79 Å². The molecule has 1 aliphatic heterocycles. The first-order valence-corrected chi connectivity index (χ1v) is 6.55. The summed E-state index contributed by atoms with van der Waals surface area (Å²) in [6.45, 7) is 3.50. The van der Waals surface area contributed by atoms with E-state index in [-0.39, 0.29) is 12.5 Å². The number of carbonyl (C=O) groups is 1. The molecule has 104 valence electrons. The highest BCUT2D eigenvalue weighted by Crippen LogP contribution is 2.37. The number of fused-ring (bicyclic) bond motifs is 1. The third kappa shape index (κ3) is 3.75. The Balaban J connectivity index is 2.12. The van der Waals surface area contributed by atoms with Crippen molar-refractivity contribution in [2.45, 2.75) is 13.3 Å². The molecule has 5 nitrogen and oxygen atoms in total. The molecule has 0 saturated carbocycles. The largest absolute Gasteiger partial charge is 0.490 e. The molecule has 0 saturated heterocycles. The van der Waals surface area contributed by atoms with Crippen LogP contribution in [0, 0.1) is 0 Å². The van der Waals surface area contributed by atoms with Crippen LogP contribution in [0.25, 0.3) is 0 Å². The fourth-order valence-corrected chi connectivity index (χ4v) is 1.86. The number of ether oxygens (including phenoxy) is 3. The summed E-state index contributed by atoms with van der Waals surface area (Å²) in [7, 11) is 0. The van der Waals surface area contributed by atoms with Gasteiger partial charge >= 0.3 is 0 Å². The number of carbonyl (C=O) groups excluding carboxylic acids is 1. The lowest BCUT2D eigenvalue weighted by molar-refractivity contribution is -0.120. The molecule has 0 spiro atoms. The summed E-state index contributed by atoms with van der Waals surface area (Å²) in [5.41, 5.74) is 0.496. The highest BCUT2D eigenvalue weighted by Gasteiger charge is 2.15. The zero-order valence-corrected chi connectivity index (χ0v) is 11.5. The van der Waals surface area contributed by atoms with Gasteiger partial charge in [-0.2, -0.15) is 0 Å². The first kappa shape index (κ1) is 14.0. The molecule has 1 aromatic rings. The maximum Gasteiger partial charge on any atom is 0.250 e. The number of nitrogens with one attached hydrogen (secondary N) is 1. The van der Waals surface area contributed by atoms with Gasteiger partial charge in [0.15, 0.2) is 11.5 Å². The van der Waals surface area contributed by atoms with Crippen LogP contribution in [0.2, 0.25) is 5.02 Å². The quantitative estimate of drug-likeness (QED) is 0.923. The summed E-state index contributed by atoms with van der Waals surface area (Å²) in [6.07, 6.45) is 0.818. The number of rotatable bonds is 4. The molecule has 0 radical (unpaired) electrons. The Bertz CT molecular complexity index is 464. The topological polar surface area (TPSA) is 56.8 Å². The summed E-state index contributed by atoms with van der Waals surface area (Å²) in [5, 5.41) is 3.10. The number of hydrogen-bond acceptors (Lipinski definition) is 4. The third-order valence-corrected chi connectivity index (χ3v) is 2.86. The third-order valence-electron chi connectivity index (χ3n) is 2.55. The number of hydrogen-bond donors (Lipinski definition) is 1. The van der Waals surface area contributed by atoms with E-state index < -0.39 is 0 Å². The van der Waals surface area contributed by atoms with Gasteiger partial charge < -0.3 is 19.5 Å². The maximum absolute atomic E-state index is 11.6. The number of anilines is 1. The predicted molar refractivity (Wildman–Crippen MR) is 72.2 cm³/mol. The average Bonchev–Trinajstić information content (AvgIpc) is 2.62. The van der Waals surface area contributed by atoms with Crippen molar-refractivity contribution in [3.05, 3.63) is 17.2 Å². The van der Waals surface area contributed by atoms with E-state index in [4.69, 9.17) is 25.8 Å². The molecule has 0 fully saturated rings. The minimum absolute atomic E-state index is 0.00126. The Kier molecular flexibility index (Phi) is 4.87. The van der Waals surface area contributed by atoms with E-state index in [0.717, 1.165) is 6.42 Å². The van der Waals surface area contributed by atoms with Crippen LogP contribution in [0.4, 0.5) is 5.69 Å². The number of amides is 1. The Morgan fingerprint density at radius 3 is 2.74 bits per heavy atom. The lowest BCUT2D eigenvalue weighted by Gasteiger charge is -2.12. The Morgan fingerprint density at radius 1 is 1.37 bits per heavy atom. The molecular formula is C13H16ClNO4. The van der Waals surface area contributed by atoms with Gasteiger partial charge in [0.05, 0.1) is 23.9 Å². The Labute approximate surface area is 116 Å². The van der Waals surface area contributed by atoms with Gasteiger partial charge in [-0.15, -0.1) is 0 Å². The van der Waals surface area contributed by atoms with Gasteiger partial charge in [0.2, 0.25) is 5.91 Å². The van der Waals surface area contributed by atoms with Crippen molar-refractivity contribution in [1.29, 1.82) is 0 Å². The van der Waals surface area contributed by atoms with E-state index in [9.17, 15) is 4.79 Å². The molecule has 1 aromatic carbocycles. The lowest BCUT2D eigenvalue weighted by atomic mass is 10.2. The van der Waals surface area contributed by atoms with E-state index in [1.807, 2.05) is 6.92 Å². The molecule has 2 rings (SSSR count). The van der Waals surface area contributed by atoms with Crippen LogP contribution in [-0.2, 0) is 9.53 Å². The highest BCUT2D eigenvalue weighted by atomic mass is 35.5. The van der Waals surface area contributed by atoms with Crippen LogP contribution >= 0.6 is 11.6 Å². The zero-order chi connectivity index (χ0) is 13.7. The van der Waals surface area contributed by atoms with Gasteiger partial charge in [0, 0.05) is 25.2 Å². The number of halogens is 1. The second-order valence-electron chi connectivity index (χ2n) is 4.01. The maximum atomic E-state index is 11.6. The summed E-state index contributed by atoms with van der Waals surface area (Å²) < 4.78 is 16.1. The van der Waals surface area contributed by atoms with E-state index in [1.54, 1.807) is 12.1 Å². The molecular weight excluding hydrogens is 270 g/mol. The van der Waals surface area contributed by atoms with Crippen molar-refractivity contribution in [2.24, 2.45) is 0 Å². The van der Waals surface area contributed by atoms with Crippen LogP contribution in [0.5, 0.6) is 11.5 Å². The molecule has 1 amide bonds. The summed E-state index contributed by atoms with van der Waals surface area (Å²) >= 11 is 6.10. The van der Waals surface area contributed by atoms with E-state index >= 15 is 0 Å². The monoisotopic (exact) mass is 285 g/mol. The van der Waals surface area contributed by atoms with Crippen LogP contribution in [0.15, 0.2) is 12.1 Å². The fourth-order valence-electron chi connectivity index (χ4n) is 1.66. The average molecular weight is 286 g/mol. The minimum atomic E-state index is -0.252. The van der Waals surface area contributed by atoms with Crippen molar-refractivity contribution in [3.8, 4) is 11.5 Å². The van der Waals surface area contributed by atoms with Gasteiger partial charge in [0.1, 0.15) is 6.61 Å². The fraction of sp³-hybridized carbons (Fsp3) is 0.462. The van der Waals surface area contributed by atoms with Crippen molar-refractivity contribution in [1.82, 2.24) is 0 Å².